The molecule has 1 atom stereocenters. The lowest BCUT2D eigenvalue weighted by atomic mass is 10.1. The fraction of sp³-hybridized carbons (Fsp3) is 0.269. The molecule has 8 nitrogen and oxygen atoms in total. The lowest BCUT2D eigenvalue weighted by molar-refractivity contribution is -0.128. The number of thioether (sulfide) groups is 1. The van der Waals surface area contributed by atoms with E-state index in [9.17, 15) is 9.59 Å². The molecule has 2 heterocycles. The molecule has 2 aromatic carbocycles. The van der Waals surface area contributed by atoms with E-state index in [2.05, 4.69) is 5.32 Å². The summed E-state index contributed by atoms with van der Waals surface area (Å²) in [6, 6.07) is 14.7. The van der Waals surface area contributed by atoms with E-state index in [1.54, 1.807) is 42.5 Å². The molecule has 0 aliphatic carbocycles. The first-order valence-electron chi connectivity index (χ1n) is 11.1. The summed E-state index contributed by atoms with van der Waals surface area (Å²) in [6.45, 7) is 4.25. The summed E-state index contributed by atoms with van der Waals surface area (Å²) in [4.78, 5) is 32.6. The van der Waals surface area contributed by atoms with Gasteiger partial charge < -0.3 is 19.2 Å². The summed E-state index contributed by atoms with van der Waals surface area (Å²) < 4.78 is 16.0. The van der Waals surface area contributed by atoms with Crippen molar-refractivity contribution in [2.24, 2.45) is 4.99 Å². The molecule has 1 unspecified atom stereocenters. The van der Waals surface area contributed by atoms with Crippen molar-refractivity contribution >= 4 is 40.1 Å². The molecule has 1 saturated heterocycles. The van der Waals surface area contributed by atoms with Crippen LogP contribution < -0.4 is 14.8 Å². The van der Waals surface area contributed by atoms with Crippen LogP contribution in [0.4, 0.5) is 11.4 Å². The number of benzene rings is 2. The van der Waals surface area contributed by atoms with Crippen molar-refractivity contribution < 1.29 is 23.5 Å². The van der Waals surface area contributed by atoms with Gasteiger partial charge in [0.2, 0.25) is 11.8 Å². The van der Waals surface area contributed by atoms with Gasteiger partial charge in [-0.15, -0.1) is 0 Å². The van der Waals surface area contributed by atoms with Gasteiger partial charge in [0.15, 0.2) is 5.17 Å². The second-order valence-electron chi connectivity index (χ2n) is 8.11. The quantitative estimate of drug-likeness (QED) is 0.471. The third-order valence-corrected chi connectivity index (χ3v) is 6.71. The van der Waals surface area contributed by atoms with Gasteiger partial charge in [-0.3, -0.25) is 14.5 Å². The Labute approximate surface area is 208 Å². The van der Waals surface area contributed by atoms with E-state index < -0.39 is 5.25 Å². The highest BCUT2D eigenvalue weighted by atomic mass is 32.2. The molecule has 1 aliphatic heterocycles. The van der Waals surface area contributed by atoms with Crippen molar-refractivity contribution in [1.82, 2.24) is 4.90 Å². The number of amidine groups is 1. The Hall–Kier alpha value is -3.72. The molecule has 1 fully saturated rings. The average Bonchev–Trinajstić information content (AvgIpc) is 3.45. The number of carbonyl (C=O) groups is 2. The van der Waals surface area contributed by atoms with Gasteiger partial charge in [0.1, 0.15) is 22.5 Å². The minimum atomic E-state index is -0.612. The predicted molar refractivity (Wildman–Crippen MR) is 136 cm³/mol. The normalized spacial score (nSPS) is 16.6. The van der Waals surface area contributed by atoms with E-state index in [0.29, 0.717) is 28.1 Å². The zero-order chi connectivity index (χ0) is 24.9. The number of amides is 2. The van der Waals surface area contributed by atoms with Crippen molar-refractivity contribution in [1.29, 1.82) is 0 Å². The number of aliphatic imine (C=N–C) groups is 1. The Morgan fingerprint density at radius 3 is 2.66 bits per heavy atom. The highest BCUT2D eigenvalue weighted by Crippen LogP contribution is 2.35. The number of methoxy groups -OCH3 is 2. The maximum atomic E-state index is 13.3. The number of anilines is 1. The first-order chi connectivity index (χ1) is 16.9. The molecule has 4 rings (SSSR count). The zero-order valence-corrected chi connectivity index (χ0v) is 20.8. The molecular formula is C26H27N3O5S. The Bertz CT molecular complexity index is 1260. The number of furan rings is 1. The largest absolute Gasteiger partial charge is 0.497 e. The van der Waals surface area contributed by atoms with Crippen LogP contribution in [-0.2, 0) is 16.1 Å². The monoisotopic (exact) mass is 493 g/mol. The van der Waals surface area contributed by atoms with Crippen LogP contribution in [0.15, 0.2) is 64.2 Å². The number of ether oxygens (including phenoxy) is 2. The van der Waals surface area contributed by atoms with Crippen LogP contribution in [0.3, 0.4) is 0 Å². The van der Waals surface area contributed by atoms with Crippen LogP contribution >= 0.6 is 11.8 Å². The molecular weight excluding hydrogens is 466 g/mol. The Morgan fingerprint density at radius 2 is 1.97 bits per heavy atom. The summed E-state index contributed by atoms with van der Waals surface area (Å²) in [7, 11) is 3.07. The SMILES string of the molecule is COc1ccc(NC(=O)CC2SC(=Nc3ccc(C)cc3C)N(Cc3ccco3)C2=O)c(OC)c1. The van der Waals surface area contributed by atoms with E-state index in [1.807, 2.05) is 38.1 Å². The van der Waals surface area contributed by atoms with Crippen molar-refractivity contribution in [2.75, 3.05) is 19.5 Å². The molecule has 182 valence electrons. The van der Waals surface area contributed by atoms with Gasteiger partial charge in [-0.1, -0.05) is 29.5 Å². The van der Waals surface area contributed by atoms with Crippen LogP contribution in [0.2, 0.25) is 0 Å². The van der Waals surface area contributed by atoms with Gasteiger partial charge in [0, 0.05) is 12.5 Å². The van der Waals surface area contributed by atoms with E-state index in [0.717, 1.165) is 16.8 Å². The second kappa shape index (κ2) is 10.7. The number of nitrogens with zero attached hydrogens (tertiary/aromatic N) is 2. The highest BCUT2D eigenvalue weighted by molar-refractivity contribution is 8.15. The van der Waals surface area contributed by atoms with Crippen molar-refractivity contribution in [2.45, 2.75) is 32.1 Å². The van der Waals surface area contributed by atoms with Gasteiger partial charge in [-0.2, -0.15) is 0 Å². The molecule has 1 aromatic heterocycles. The standard InChI is InChI=1S/C26H27N3O5S/c1-16-7-9-20(17(2)12-16)28-26-29(15-19-6-5-11-34-19)25(31)23(35-26)14-24(30)27-21-10-8-18(32-3)13-22(21)33-4/h5-13,23H,14-15H2,1-4H3,(H,27,30). The second-order valence-corrected chi connectivity index (χ2v) is 9.28. The Kier molecular flexibility index (Phi) is 7.45. The fourth-order valence-corrected chi connectivity index (χ4v) is 4.88. The molecule has 1 N–H and O–H groups in total. The summed E-state index contributed by atoms with van der Waals surface area (Å²) in [5.74, 6) is 1.24. The van der Waals surface area contributed by atoms with Gasteiger partial charge >= 0.3 is 0 Å². The first-order valence-corrected chi connectivity index (χ1v) is 11.9. The third-order valence-electron chi connectivity index (χ3n) is 5.54. The lowest BCUT2D eigenvalue weighted by Crippen LogP contribution is -2.33. The van der Waals surface area contributed by atoms with Gasteiger partial charge in [-0.05, 0) is 49.7 Å². The van der Waals surface area contributed by atoms with E-state index >= 15 is 0 Å². The van der Waals surface area contributed by atoms with E-state index in [4.69, 9.17) is 18.9 Å². The molecule has 3 aromatic rings. The lowest BCUT2D eigenvalue weighted by Gasteiger charge is -2.15. The first kappa shape index (κ1) is 24.4. The number of aryl methyl sites for hydroxylation is 2. The highest BCUT2D eigenvalue weighted by Gasteiger charge is 2.39. The molecule has 2 amide bonds. The number of nitrogens with one attached hydrogen (secondary N) is 1. The summed E-state index contributed by atoms with van der Waals surface area (Å²) in [6.07, 6.45) is 1.55. The summed E-state index contributed by atoms with van der Waals surface area (Å²) in [5, 5.41) is 2.77. The van der Waals surface area contributed by atoms with E-state index in [-0.39, 0.29) is 24.8 Å². The molecule has 1 aliphatic rings. The zero-order valence-electron chi connectivity index (χ0n) is 20.0. The minimum Gasteiger partial charge on any atom is -0.497 e. The Morgan fingerprint density at radius 1 is 1.14 bits per heavy atom. The maximum Gasteiger partial charge on any atom is 0.243 e. The Balaban J connectivity index is 1.54. The summed E-state index contributed by atoms with van der Waals surface area (Å²) >= 11 is 1.28. The van der Waals surface area contributed by atoms with Crippen LogP contribution in [0, 0.1) is 13.8 Å². The smallest absolute Gasteiger partial charge is 0.243 e. The molecule has 0 bridgehead atoms. The summed E-state index contributed by atoms with van der Waals surface area (Å²) in [5.41, 5.74) is 3.43. The number of rotatable bonds is 8. The predicted octanol–water partition coefficient (Wildman–Crippen LogP) is 5.07. The number of carbonyl (C=O) groups excluding carboxylic acids is 2. The molecule has 0 saturated carbocycles. The van der Waals surface area contributed by atoms with Crippen LogP contribution in [-0.4, -0.2) is 41.4 Å². The molecule has 0 spiro atoms. The third kappa shape index (κ3) is 5.68. The van der Waals surface area contributed by atoms with Crippen molar-refractivity contribution in [3.8, 4) is 11.5 Å². The average molecular weight is 494 g/mol. The van der Waals surface area contributed by atoms with E-state index in [1.165, 1.54) is 18.9 Å². The van der Waals surface area contributed by atoms with Crippen molar-refractivity contribution in [3.63, 3.8) is 0 Å². The van der Waals surface area contributed by atoms with Crippen LogP contribution in [0.1, 0.15) is 23.3 Å². The molecule has 35 heavy (non-hydrogen) atoms. The van der Waals surface area contributed by atoms with Gasteiger partial charge in [0.25, 0.3) is 0 Å². The van der Waals surface area contributed by atoms with Crippen LogP contribution in [0.25, 0.3) is 0 Å². The topological polar surface area (TPSA) is 93.4 Å². The molecule has 0 radical (unpaired) electrons. The van der Waals surface area contributed by atoms with Gasteiger partial charge in [0.05, 0.1) is 38.4 Å². The van der Waals surface area contributed by atoms with Crippen LogP contribution in [0.5, 0.6) is 11.5 Å². The minimum absolute atomic E-state index is 0.0146. The fourth-order valence-electron chi connectivity index (χ4n) is 3.73. The maximum absolute atomic E-state index is 13.3. The van der Waals surface area contributed by atoms with Gasteiger partial charge in [-0.25, -0.2) is 4.99 Å². The molecule has 9 heteroatoms. The van der Waals surface area contributed by atoms with Crippen molar-refractivity contribution in [3.05, 3.63) is 71.7 Å². The number of hydrogen-bond donors (Lipinski definition) is 1. The number of hydrogen-bond acceptors (Lipinski definition) is 7.